The Hall–Kier alpha value is -1.09. The van der Waals surface area contributed by atoms with Gasteiger partial charge in [-0.05, 0) is 28.3 Å². The Balaban J connectivity index is 2.78. The van der Waals surface area contributed by atoms with Gasteiger partial charge >= 0.3 is 6.18 Å². The first kappa shape index (κ1) is 18.0. The molecular weight excluding hydrogens is 355 g/mol. The van der Waals surface area contributed by atoms with Crippen molar-refractivity contribution in [2.24, 2.45) is 5.92 Å². The van der Waals surface area contributed by atoms with Gasteiger partial charge in [-0.2, -0.15) is 18.3 Å². The largest absolute Gasteiger partial charge is 0.408 e. The minimum Gasteiger partial charge on any atom is -0.391 e. The van der Waals surface area contributed by atoms with Crippen LogP contribution in [0.15, 0.2) is 15.5 Å². The molecule has 1 aromatic rings. The summed E-state index contributed by atoms with van der Waals surface area (Å²) in [5.74, 6) is 0.308. The molecule has 1 heterocycles. The fourth-order valence-corrected chi connectivity index (χ4v) is 2.17. The molecule has 0 saturated heterocycles. The molecule has 1 atom stereocenters. The van der Waals surface area contributed by atoms with Gasteiger partial charge in [0.15, 0.2) is 0 Å². The maximum absolute atomic E-state index is 12.3. The number of hydrogen-bond donors (Lipinski definition) is 2. The first-order valence-electron chi connectivity index (χ1n) is 6.34. The number of nitrogens with one attached hydrogen (secondary N) is 1. The molecule has 120 valence electrons. The lowest BCUT2D eigenvalue weighted by molar-refractivity contribution is -0.143. The average Bonchev–Trinajstić information content (AvgIpc) is 2.32. The van der Waals surface area contributed by atoms with Crippen LogP contribution in [0.5, 0.6) is 0 Å². The summed E-state index contributed by atoms with van der Waals surface area (Å²) in [6, 6.07) is 0. The van der Waals surface area contributed by atoms with Crippen molar-refractivity contribution in [2.75, 3.05) is 11.9 Å². The monoisotopic (exact) mass is 371 g/mol. The molecule has 9 heteroatoms. The quantitative estimate of drug-likeness (QED) is 0.805. The van der Waals surface area contributed by atoms with E-state index in [0.717, 1.165) is 6.20 Å². The summed E-state index contributed by atoms with van der Waals surface area (Å²) < 4.78 is 37.1. The minimum atomic E-state index is -4.52. The van der Waals surface area contributed by atoms with Crippen molar-refractivity contribution in [1.82, 2.24) is 9.78 Å². The Kier molecular flexibility index (Phi) is 6.21. The normalized spacial score (nSPS) is 13.5. The maximum Gasteiger partial charge on any atom is 0.408 e. The molecule has 0 fully saturated rings. The predicted octanol–water partition coefficient (Wildman–Crippen LogP) is 2.39. The Bertz CT molecular complexity index is 531. The molecule has 0 amide bonds. The predicted molar refractivity (Wildman–Crippen MR) is 76.2 cm³/mol. The Labute approximate surface area is 128 Å². The Morgan fingerprint density at radius 3 is 2.62 bits per heavy atom. The van der Waals surface area contributed by atoms with E-state index in [9.17, 15) is 23.1 Å². The van der Waals surface area contributed by atoms with Gasteiger partial charge in [0.1, 0.15) is 11.0 Å². The van der Waals surface area contributed by atoms with E-state index in [1.54, 1.807) is 0 Å². The third kappa shape index (κ3) is 6.04. The number of rotatable bonds is 6. The van der Waals surface area contributed by atoms with Crippen LogP contribution in [-0.2, 0) is 6.54 Å². The molecule has 1 rings (SSSR count). The van der Waals surface area contributed by atoms with Crippen molar-refractivity contribution in [1.29, 1.82) is 0 Å². The summed E-state index contributed by atoms with van der Waals surface area (Å²) in [5.41, 5.74) is -0.628. The topological polar surface area (TPSA) is 67.2 Å². The van der Waals surface area contributed by atoms with Gasteiger partial charge in [-0.25, -0.2) is 4.68 Å². The lowest BCUT2D eigenvalue weighted by atomic mass is 10.1. The van der Waals surface area contributed by atoms with Crippen molar-refractivity contribution >= 4 is 21.6 Å². The Morgan fingerprint density at radius 2 is 2.10 bits per heavy atom. The van der Waals surface area contributed by atoms with E-state index in [0.29, 0.717) is 17.0 Å². The molecule has 0 aliphatic heterocycles. The summed E-state index contributed by atoms with van der Waals surface area (Å²) in [6.45, 7) is 2.65. The van der Waals surface area contributed by atoms with Crippen LogP contribution in [-0.4, -0.2) is 33.7 Å². The van der Waals surface area contributed by atoms with Gasteiger partial charge in [0.25, 0.3) is 5.56 Å². The fraction of sp³-hybridized carbons (Fsp3) is 0.667. The molecule has 0 spiro atoms. The summed E-state index contributed by atoms with van der Waals surface area (Å²) in [6.07, 6.45) is -3.43. The molecule has 21 heavy (non-hydrogen) atoms. The maximum atomic E-state index is 12.3. The lowest BCUT2D eigenvalue weighted by Crippen LogP contribution is -2.31. The smallest absolute Gasteiger partial charge is 0.391 e. The zero-order chi connectivity index (χ0) is 16.2. The van der Waals surface area contributed by atoms with Gasteiger partial charge in [0.05, 0.1) is 18.0 Å². The number of hydrogen-bond acceptors (Lipinski definition) is 4. The number of alkyl halides is 3. The molecule has 0 aliphatic rings. The van der Waals surface area contributed by atoms with E-state index in [1.165, 1.54) is 0 Å². The first-order chi connectivity index (χ1) is 9.60. The second kappa shape index (κ2) is 7.26. The highest BCUT2D eigenvalue weighted by molar-refractivity contribution is 9.10. The van der Waals surface area contributed by atoms with E-state index in [2.05, 4.69) is 26.3 Å². The van der Waals surface area contributed by atoms with Crippen molar-refractivity contribution in [2.45, 2.75) is 39.1 Å². The van der Waals surface area contributed by atoms with Gasteiger partial charge in [0.2, 0.25) is 0 Å². The number of anilines is 1. The fourth-order valence-electron chi connectivity index (χ4n) is 1.73. The van der Waals surface area contributed by atoms with Crippen LogP contribution >= 0.6 is 15.9 Å². The average molecular weight is 372 g/mol. The van der Waals surface area contributed by atoms with Crippen LogP contribution in [0.4, 0.5) is 18.9 Å². The lowest BCUT2D eigenvalue weighted by Gasteiger charge is -2.16. The van der Waals surface area contributed by atoms with Gasteiger partial charge in [-0.3, -0.25) is 4.79 Å². The van der Waals surface area contributed by atoms with E-state index < -0.39 is 24.4 Å². The van der Waals surface area contributed by atoms with Crippen molar-refractivity contribution in [3.63, 3.8) is 0 Å². The number of aliphatic hydroxyl groups is 1. The zero-order valence-corrected chi connectivity index (χ0v) is 13.2. The molecule has 0 bridgehead atoms. The highest BCUT2D eigenvalue weighted by atomic mass is 79.9. The van der Waals surface area contributed by atoms with E-state index >= 15 is 0 Å². The molecule has 2 N–H and O–H groups in total. The summed E-state index contributed by atoms with van der Waals surface area (Å²) in [7, 11) is 0. The summed E-state index contributed by atoms with van der Waals surface area (Å²) in [4.78, 5) is 11.7. The van der Waals surface area contributed by atoms with Crippen molar-refractivity contribution in [3.05, 3.63) is 21.0 Å². The van der Waals surface area contributed by atoms with Gasteiger partial charge in [-0.1, -0.05) is 13.8 Å². The number of aliphatic hydroxyl groups excluding tert-OH is 1. The van der Waals surface area contributed by atoms with Gasteiger partial charge < -0.3 is 10.4 Å². The molecule has 0 aromatic carbocycles. The third-order valence-corrected chi connectivity index (χ3v) is 3.35. The van der Waals surface area contributed by atoms with E-state index in [4.69, 9.17) is 0 Å². The van der Waals surface area contributed by atoms with Gasteiger partial charge in [0, 0.05) is 6.54 Å². The number of nitrogens with zero attached hydrogens (tertiary/aromatic N) is 2. The molecule has 0 aliphatic carbocycles. The molecular formula is C12H17BrF3N3O2. The van der Waals surface area contributed by atoms with Crippen LogP contribution in [0.2, 0.25) is 0 Å². The van der Waals surface area contributed by atoms with Crippen LogP contribution < -0.4 is 10.9 Å². The molecule has 1 unspecified atom stereocenters. The number of aromatic nitrogens is 2. The third-order valence-electron chi connectivity index (χ3n) is 2.59. The summed E-state index contributed by atoms with van der Waals surface area (Å²) >= 11 is 2.95. The van der Waals surface area contributed by atoms with E-state index in [1.807, 2.05) is 13.8 Å². The molecule has 0 saturated carbocycles. The standard InChI is InChI=1S/C12H17BrF3N3O2/c1-7(2)3-8(20)4-17-9-5-18-19(6-12(14,15)16)11(21)10(9)13/h5,7-8,17,20H,3-4,6H2,1-2H3. The van der Waals surface area contributed by atoms with Crippen LogP contribution in [0.25, 0.3) is 0 Å². The minimum absolute atomic E-state index is 0.0431. The van der Waals surface area contributed by atoms with Crippen LogP contribution in [0.1, 0.15) is 20.3 Å². The molecule has 1 aromatic heterocycles. The second-order valence-corrected chi connectivity index (χ2v) is 5.91. The van der Waals surface area contributed by atoms with Crippen LogP contribution in [0, 0.1) is 5.92 Å². The molecule has 0 radical (unpaired) electrons. The van der Waals surface area contributed by atoms with Crippen molar-refractivity contribution in [3.8, 4) is 0 Å². The highest BCUT2D eigenvalue weighted by Gasteiger charge is 2.29. The number of halogens is 4. The summed E-state index contributed by atoms with van der Waals surface area (Å²) in [5, 5.41) is 16.0. The van der Waals surface area contributed by atoms with Crippen molar-refractivity contribution < 1.29 is 18.3 Å². The first-order valence-corrected chi connectivity index (χ1v) is 7.13. The molecule has 5 nitrogen and oxygen atoms in total. The second-order valence-electron chi connectivity index (χ2n) is 5.11. The van der Waals surface area contributed by atoms with Gasteiger partial charge in [-0.15, -0.1) is 0 Å². The van der Waals surface area contributed by atoms with Crippen LogP contribution in [0.3, 0.4) is 0 Å². The Morgan fingerprint density at radius 1 is 1.48 bits per heavy atom. The highest BCUT2D eigenvalue weighted by Crippen LogP contribution is 2.19. The zero-order valence-electron chi connectivity index (χ0n) is 11.6. The van der Waals surface area contributed by atoms with E-state index in [-0.39, 0.29) is 16.7 Å². The SMILES string of the molecule is CC(C)CC(O)CNc1cnn(CC(F)(F)F)c(=O)c1Br.